The Kier molecular flexibility index (Phi) is 3.33. The average Bonchev–Trinajstić information content (AvgIpc) is 3.12. The smallest absolute Gasteiger partial charge is 0.0590 e. The van der Waals surface area contributed by atoms with E-state index < -0.39 is 0 Å². The molecule has 3 heteroatoms. The minimum absolute atomic E-state index is 0.334. The Morgan fingerprint density at radius 1 is 1.47 bits per heavy atom. The molecule has 1 unspecified atom stereocenters. The van der Waals surface area contributed by atoms with Crippen molar-refractivity contribution in [2.75, 3.05) is 26.8 Å². The lowest BCUT2D eigenvalue weighted by Gasteiger charge is -2.36. The normalized spacial score (nSPS) is 25.6. The van der Waals surface area contributed by atoms with Crippen molar-refractivity contribution in [1.82, 2.24) is 4.90 Å². The molecule has 2 saturated carbocycles. The predicted molar refractivity (Wildman–Crippen MR) is 61.8 cm³/mol. The van der Waals surface area contributed by atoms with Crippen molar-refractivity contribution in [3.05, 3.63) is 0 Å². The standard InChI is InChI=1S/C12H24N2O/c1-10(11-3-4-11)14(7-8-15-2)12(9-13)5-6-12/h10-11H,3-9,13H2,1-2H3. The zero-order valence-corrected chi connectivity index (χ0v) is 10.0. The molecule has 3 nitrogen and oxygen atoms in total. The molecule has 2 aliphatic rings. The van der Waals surface area contributed by atoms with Crippen molar-refractivity contribution in [3.63, 3.8) is 0 Å². The van der Waals surface area contributed by atoms with Crippen LogP contribution in [0.1, 0.15) is 32.6 Å². The van der Waals surface area contributed by atoms with Crippen LogP contribution in [0.3, 0.4) is 0 Å². The van der Waals surface area contributed by atoms with Gasteiger partial charge in [0.1, 0.15) is 0 Å². The van der Waals surface area contributed by atoms with Gasteiger partial charge in [0.2, 0.25) is 0 Å². The van der Waals surface area contributed by atoms with Crippen LogP contribution in [-0.2, 0) is 4.74 Å². The summed E-state index contributed by atoms with van der Waals surface area (Å²) >= 11 is 0. The molecular formula is C12H24N2O. The second-order valence-corrected chi connectivity index (χ2v) is 5.19. The molecule has 0 radical (unpaired) electrons. The summed E-state index contributed by atoms with van der Waals surface area (Å²) < 4.78 is 5.21. The van der Waals surface area contributed by atoms with Crippen molar-refractivity contribution >= 4 is 0 Å². The van der Waals surface area contributed by atoms with Crippen molar-refractivity contribution in [1.29, 1.82) is 0 Å². The van der Waals surface area contributed by atoms with Gasteiger partial charge in [0.25, 0.3) is 0 Å². The molecule has 0 aromatic rings. The van der Waals surface area contributed by atoms with E-state index in [9.17, 15) is 0 Å². The van der Waals surface area contributed by atoms with E-state index in [4.69, 9.17) is 10.5 Å². The molecule has 0 saturated heterocycles. The summed E-state index contributed by atoms with van der Waals surface area (Å²) in [6.45, 7) is 5.06. The van der Waals surface area contributed by atoms with E-state index in [1.165, 1.54) is 25.7 Å². The maximum absolute atomic E-state index is 5.92. The molecule has 88 valence electrons. The molecule has 0 aromatic heterocycles. The van der Waals surface area contributed by atoms with Crippen LogP contribution >= 0.6 is 0 Å². The number of hydrogen-bond acceptors (Lipinski definition) is 3. The highest BCUT2D eigenvalue weighted by Crippen LogP contribution is 2.46. The quantitative estimate of drug-likeness (QED) is 0.689. The maximum Gasteiger partial charge on any atom is 0.0590 e. The van der Waals surface area contributed by atoms with E-state index in [1.54, 1.807) is 7.11 Å². The Morgan fingerprint density at radius 2 is 2.13 bits per heavy atom. The Bertz CT molecular complexity index is 212. The van der Waals surface area contributed by atoms with E-state index in [2.05, 4.69) is 11.8 Å². The third-order valence-electron chi connectivity index (χ3n) is 4.15. The molecular weight excluding hydrogens is 188 g/mol. The third-order valence-corrected chi connectivity index (χ3v) is 4.15. The Hall–Kier alpha value is -0.120. The van der Waals surface area contributed by atoms with Crippen LogP contribution in [0, 0.1) is 5.92 Å². The molecule has 2 N–H and O–H groups in total. The first kappa shape index (κ1) is 11.4. The first-order valence-electron chi connectivity index (χ1n) is 6.19. The van der Waals surface area contributed by atoms with Gasteiger partial charge in [0.15, 0.2) is 0 Å². The molecule has 2 rings (SSSR count). The van der Waals surface area contributed by atoms with E-state index in [1.807, 2.05) is 0 Å². The maximum atomic E-state index is 5.92. The fourth-order valence-corrected chi connectivity index (χ4v) is 2.65. The summed E-state index contributed by atoms with van der Waals surface area (Å²) in [4.78, 5) is 2.62. The van der Waals surface area contributed by atoms with Crippen LogP contribution < -0.4 is 5.73 Å². The molecule has 2 fully saturated rings. The van der Waals surface area contributed by atoms with Gasteiger partial charge in [-0.1, -0.05) is 0 Å². The van der Waals surface area contributed by atoms with Crippen LogP contribution in [0.2, 0.25) is 0 Å². The van der Waals surface area contributed by atoms with E-state index in [0.717, 1.165) is 25.6 Å². The van der Waals surface area contributed by atoms with Crippen LogP contribution in [0.4, 0.5) is 0 Å². The summed E-state index contributed by atoms with van der Waals surface area (Å²) in [5.41, 5.74) is 6.25. The van der Waals surface area contributed by atoms with Crippen molar-refractivity contribution in [2.45, 2.75) is 44.2 Å². The van der Waals surface area contributed by atoms with Gasteiger partial charge in [0.05, 0.1) is 6.61 Å². The van der Waals surface area contributed by atoms with Gasteiger partial charge in [-0.2, -0.15) is 0 Å². The molecule has 2 aliphatic carbocycles. The van der Waals surface area contributed by atoms with Crippen molar-refractivity contribution in [2.24, 2.45) is 11.7 Å². The van der Waals surface area contributed by atoms with Crippen LogP contribution in [0.15, 0.2) is 0 Å². The molecule has 15 heavy (non-hydrogen) atoms. The van der Waals surface area contributed by atoms with E-state index >= 15 is 0 Å². The number of methoxy groups -OCH3 is 1. The lowest BCUT2D eigenvalue weighted by Crippen LogP contribution is -2.50. The number of hydrogen-bond donors (Lipinski definition) is 1. The highest BCUT2D eigenvalue weighted by molar-refractivity contribution is 5.07. The molecule has 0 heterocycles. The van der Waals surface area contributed by atoms with Gasteiger partial charge >= 0.3 is 0 Å². The lowest BCUT2D eigenvalue weighted by molar-refractivity contribution is 0.0728. The highest BCUT2D eigenvalue weighted by atomic mass is 16.5. The van der Waals surface area contributed by atoms with Gasteiger partial charge in [-0.3, -0.25) is 4.90 Å². The predicted octanol–water partition coefficient (Wildman–Crippen LogP) is 1.22. The van der Waals surface area contributed by atoms with Gasteiger partial charge in [-0.15, -0.1) is 0 Å². The molecule has 0 amide bonds. The van der Waals surface area contributed by atoms with E-state index in [-0.39, 0.29) is 0 Å². The Morgan fingerprint density at radius 3 is 2.53 bits per heavy atom. The highest BCUT2D eigenvalue weighted by Gasteiger charge is 2.50. The third kappa shape index (κ3) is 2.35. The second kappa shape index (κ2) is 4.40. The average molecular weight is 212 g/mol. The Labute approximate surface area is 93.0 Å². The van der Waals surface area contributed by atoms with Crippen molar-refractivity contribution in [3.8, 4) is 0 Å². The van der Waals surface area contributed by atoms with Crippen LogP contribution in [0.5, 0.6) is 0 Å². The minimum atomic E-state index is 0.334. The molecule has 0 aliphatic heterocycles. The minimum Gasteiger partial charge on any atom is -0.383 e. The lowest BCUT2D eigenvalue weighted by atomic mass is 10.1. The summed E-state index contributed by atoms with van der Waals surface area (Å²) in [7, 11) is 1.78. The SMILES string of the molecule is COCCN(C(C)C1CC1)C1(CN)CC1. The summed E-state index contributed by atoms with van der Waals surface area (Å²) in [5.74, 6) is 0.922. The zero-order chi connectivity index (χ0) is 10.9. The van der Waals surface area contributed by atoms with Crippen molar-refractivity contribution < 1.29 is 4.74 Å². The van der Waals surface area contributed by atoms with Crippen LogP contribution in [-0.4, -0.2) is 43.3 Å². The topological polar surface area (TPSA) is 38.5 Å². The molecule has 1 atom stereocenters. The first-order valence-corrected chi connectivity index (χ1v) is 6.19. The molecule has 0 bridgehead atoms. The van der Waals surface area contributed by atoms with Gasteiger partial charge in [0, 0.05) is 31.8 Å². The first-order chi connectivity index (χ1) is 7.23. The van der Waals surface area contributed by atoms with Gasteiger partial charge in [-0.05, 0) is 38.5 Å². The molecule has 0 spiro atoms. The largest absolute Gasteiger partial charge is 0.383 e. The summed E-state index contributed by atoms with van der Waals surface area (Å²) in [6.07, 6.45) is 5.38. The van der Waals surface area contributed by atoms with E-state index in [0.29, 0.717) is 11.6 Å². The Balaban J connectivity index is 1.95. The summed E-state index contributed by atoms with van der Waals surface area (Å²) in [5, 5.41) is 0. The fourth-order valence-electron chi connectivity index (χ4n) is 2.65. The summed E-state index contributed by atoms with van der Waals surface area (Å²) in [6, 6.07) is 0.700. The van der Waals surface area contributed by atoms with Gasteiger partial charge < -0.3 is 10.5 Å². The fraction of sp³-hybridized carbons (Fsp3) is 1.00. The number of nitrogens with zero attached hydrogens (tertiary/aromatic N) is 1. The number of ether oxygens (including phenoxy) is 1. The monoisotopic (exact) mass is 212 g/mol. The van der Waals surface area contributed by atoms with Crippen LogP contribution in [0.25, 0.3) is 0 Å². The van der Waals surface area contributed by atoms with Gasteiger partial charge in [-0.25, -0.2) is 0 Å². The molecule has 0 aromatic carbocycles. The number of nitrogens with two attached hydrogens (primary N) is 1. The second-order valence-electron chi connectivity index (χ2n) is 5.19. The zero-order valence-electron chi connectivity index (χ0n) is 10.0. The number of rotatable bonds is 7.